The lowest BCUT2D eigenvalue weighted by Crippen LogP contribution is -2.11. The first-order valence-corrected chi connectivity index (χ1v) is 17.6. The lowest BCUT2D eigenvalue weighted by atomic mass is 9.92. The van der Waals surface area contributed by atoms with Gasteiger partial charge in [-0.05, 0) is 92.7 Å². The molecule has 0 unspecified atom stereocenters. The average Bonchev–Trinajstić information content (AvgIpc) is 3.58. The van der Waals surface area contributed by atoms with Crippen molar-refractivity contribution in [1.82, 2.24) is 4.98 Å². The van der Waals surface area contributed by atoms with Crippen LogP contribution in [0.5, 0.6) is 0 Å². The molecule has 52 heavy (non-hydrogen) atoms. The van der Waals surface area contributed by atoms with E-state index in [2.05, 4.69) is 175 Å². The van der Waals surface area contributed by atoms with Gasteiger partial charge in [-0.25, -0.2) is 0 Å². The summed E-state index contributed by atoms with van der Waals surface area (Å²) in [5.74, 6) is 0. The molecule has 0 saturated heterocycles. The van der Waals surface area contributed by atoms with E-state index in [9.17, 15) is 0 Å². The summed E-state index contributed by atoms with van der Waals surface area (Å²) >= 11 is 0. The summed E-state index contributed by atoms with van der Waals surface area (Å²) in [4.78, 5) is 7.19. The van der Waals surface area contributed by atoms with Gasteiger partial charge in [-0.3, -0.25) is 4.98 Å². The van der Waals surface area contributed by atoms with Crippen LogP contribution >= 0.6 is 0 Å². The Hall–Kier alpha value is -6.97. The van der Waals surface area contributed by atoms with Crippen molar-refractivity contribution in [2.24, 2.45) is 0 Å². The van der Waals surface area contributed by atoms with Crippen LogP contribution in [0.2, 0.25) is 0 Å². The van der Waals surface area contributed by atoms with Crippen LogP contribution in [0.25, 0.3) is 76.9 Å². The number of hydrogen-bond acceptors (Lipinski definition) is 3. The van der Waals surface area contributed by atoms with Crippen LogP contribution in [0.4, 0.5) is 17.1 Å². The highest BCUT2D eigenvalue weighted by Crippen LogP contribution is 2.45. The van der Waals surface area contributed by atoms with Crippen LogP contribution in [0.3, 0.4) is 0 Å². The summed E-state index contributed by atoms with van der Waals surface area (Å²) in [6.07, 6.45) is 3.93. The van der Waals surface area contributed by atoms with Crippen molar-refractivity contribution in [2.75, 3.05) is 4.90 Å². The Morgan fingerprint density at radius 1 is 0.365 bits per heavy atom. The molecular formula is C49H32N2O. The second-order valence-corrected chi connectivity index (χ2v) is 13.2. The van der Waals surface area contributed by atoms with Crippen LogP contribution in [0.15, 0.2) is 199 Å². The maximum Gasteiger partial charge on any atom is 0.136 e. The molecular weight excluding hydrogens is 633 g/mol. The van der Waals surface area contributed by atoms with Crippen molar-refractivity contribution in [3.05, 3.63) is 194 Å². The van der Waals surface area contributed by atoms with Crippen LogP contribution in [0.1, 0.15) is 0 Å². The van der Waals surface area contributed by atoms with E-state index in [0.29, 0.717) is 0 Å². The van der Waals surface area contributed by atoms with Crippen molar-refractivity contribution in [2.45, 2.75) is 0 Å². The molecule has 244 valence electrons. The highest BCUT2D eigenvalue weighted by Gasteiger charge is 2.21. The summed E-state index contributed by atoms with van der Waals surface area (Å²) in [6, 6.07) is 64.8. The Labute approximate surface area is 301 Å². The van der Waals surface area contributed by atoms with Gasteiger partial charge in [0.1, 0.15) is 11.2 Å². The van der Waals surface area contributed by atoms with Gasteiger partial charge in [0, 0.05) is 39.1 Å². The first-order chi connectivity index (χ1) is 25.8. The molecule has 3 nitrogen and oxygen atoms in total. The Morgan fingerprint density at radius 3 is 1.96 bits per heavy atom. The van der Waals surface area contributed by atoms with E-state index < -0.39 is 0 Å². The number of aromatic nitrogens is 1. The monoisotopic (exact) mass is 664 g/mol. The zero-order chi connectivity index (χ0) is 34.4. The van der Waals surface area contributed by atoms with Crippen LogP contribution < -0.4 is 4.90 Å². The lowest BCUT2D eigenvalue weighted by molar-refractivity contribution is 0.669. The molecule has 0 aliphatic rings. The molecule has 0 aliphatic carbocycles. The summed E-state index contributed by atoms with van der Waals surface area (Å²) in [6.45, 7) is 0. The predicted molar refractivity (Wildman–Crippen MR) is 218 cm³/mol. The summed E-state index contributed by atoms with van der Waals surface area (Å²) < 4.78 is 6.42. The molecule has 8 aromatic carbocycles. The first kappa shape index (κ1) is 29.9. The maximum atomic E-state index is 6.42. The number of furan rings is 1. The Bertz CT molecular complexity index is 2910. The van der Waals surface area contributed by atoms with Gasteiger partial charge in [-0.15, -0.1) is 0 Å². The minimum atomic E-state index is 0.857. The van der Waals surface area contributed by atoms with Crippen LogP contribution in [-0.2, 0) is 0 Å². The fraction of sp³-hybridized carbons (Fsp3) is 0. The van der Waals surface area contributed by atoms with Gasteiger partial charge in [0.2, 0.25) is 0 Å². The second-order valence-electron chi connectivity index (χ2n) is 13.2. The van der Waals surface area contributed by atoms with Crippen molar-refractivity contribution in [3.8, 4) is 33.4 Å². The highest BCUT2D eigenvalue weighted by atomic mass is 16.3. The Kier molecular flexibility index (Phi) is 7.14. The number of hydrogen-bond donors (Lipinski definition) is 0. The molecule has 0 saturated carbocycles. The minimum Gasteiger partial charge on any atom is -0.456 e. The molecule has 0 amide bonds. The van der Waals surface area contributed by atoms with E-state index in [4.69, 9.17) is 9.40 Å². The first-order valence-electron chi connectivity index (χ1n) is 17.6. The zero-order valence-electron chi connectivity index (χ0n) is 28.3. The maximum absolute atomic E-state index is 6.42. The minimum absolute atomic E-state index is 0.857. The van der Waals surface area contributed by atoms with E-state index in [-0.39, 0.29) is 0 Å². The second kappa shape index (κ2) is 12.4. The molecule has 10 rings (SSSR count). The van der Waals surface area contributed by atoms with Crippen molar-refractivity contribution >= 4 is 60.5 Å². The van der Waals surface area contributed by atoms with E-state index in [1.807, 2.05) is 24.5 Å². The third-order valence-electron chi connectivity index (χ3n) is 10.1. The quantitative estimate of drug-likeness (QED) is 0.177. The number of fused-ring (bicyclic) bond motifs is 5. The van der Waals surface area contributed by atoms with E-state index in [1.165, 1.54) is 27.5 Å². The van der Waals surface area contributed by atoms with E-state index in [1.54, 1.807) is 0 Å². The van der Waals surface area contributed by atoms with Gasteiger partial charge in [0.25, 0.3) is 0 Å². The molecule has 0 N–H and O–H groups in total. The smallest absolute Gasteiger partial charge is 0.136 e. The van der Waals surface area contributed by atoms with Gasteiger partial charge in [0.15, 0.2) is 0 Å². The lowest BCUT2D eigenvalue weighted by Gasteiger charge is -2.28. The number of nitrogens with zero attached hydrogens (tertiary/aromatic N) is 2. The topological polar surface area (TPSA) is 29.3 Å². The molecule has 3 heteroatoms. The van der Waals surface area contributed by atoms with Crippen LogP contribution in [-0.4, -0.2) is 4.98 Å². The van der Waals surface area contributed by atoms with Gasteiger partial charge < -0.3 is 9.32 Å². The normalized spacial score (nSPS) is 11.5. The molecule has 0 atom stereocenters. The molecule has 0 radical (unpaired) electrons. The van der Waals surface area contributed by atoms with Gasteiger partial charge in [0.05, 0.1) is 11.9 Å². The van der Waals surface area contributed by atoms with Gasteiger partial charge >= 0.3 is 0 Å². The number of benzene rings is 8. The summed E-state index contributed by atoms with van der Waals surface area (Å²) in [5.41, 5.74) is 11.8. The Morgan fingerprint density at radius 2 is 1.10 bits per heavy atom. The molecule has 2 heterocycles. The fourth-order valence-electron chi connectivity index (χ4n) is 7.57. The number of pyridine rings is 1. The highest BCUT2D eigenvalue weighted by molar-refractivity contribution is 6.12. The molecule has 10 aromatic rings. The summed E-state index contributed by atoms with van der Waals surface area (Å²) in [5, 5.41) is 6.74. The van der Waals surface area contributed by atoms with Gasteiger partial charge in [-0.2, -0.15) is 0 Å². The average molecular weight is 665 g/mol. The molecule has 2 aromatic heterocycles. The standard InChI is InChI=1S/C49H32N2O/c1-3-12-33(13-4-1)37-18-11-19-40(27-37)51(47-32-50-31-39-28-46-43-20-9-10-21-48(43)52-49(46)30-45(39)47)41-24-25-42(35-15-5-2-6-16-35)44(29-41)38-23-22-34-14-7-8-17-36(34)26-38/h1-32H. The largest absolute Gasteiger partial charge is 0.456 e. The van der Waals surface area contributed by atoms with Crippen molar-refractivity contribution in [1.29, 1.82) is 0 Å². The number of para-hydroxylation sites is 1. The third kappa shape index (κ3) is 5.19. The van der Waals surface area contributed by atoms with Crippen molar-refractivity contribution < 1.29 is 4.42 Å². The SMILES string of the molecule is c1ccc(-c2cccc(N(c3ccc(-c4ccccc4)c(-c4ccc5ccccc5c4)c3)c3cncc4cc5c(cc34)oc3ccccc35)c2)cc1. The Balaban J connectivity index is 1.24. The van der Waals surface area contributed by atoms with E-state index in [0.717, 1.165) is 66.5 Å². The zero-order valence-corrected chi connectivity index (χ0v) is 28.3. The molecule has 0 aliphatic heterocycles. The van der Waals surface area contributed by atoms with Crippen LogP contribution in [0, 0.1) is 0 Å². The van der Waals surface area contributed by atoms with Gasteiger partial charge in [-0.1, -0.05) is 133 Å². The van der Waals surface area contributed by atoms with E-state index >= 15 is 0 Å². The number of rotatable bonds is 6. The molecule has 0 fully saturated rings. The summed E-state index contributed by atoms with van der Waals surface area (Å²) in [7, 11) is 0. The van der Waals surface area contributed by atoms with Crippen molar-refractivity contribution in [3.63, 3.8) is 0 Å². The third-order valence-corrected chi connectivity index (χ3v) is 10.1. The predicted octanol–water partition coefficient (Wildman–Crippen LogP) is 13.8. The number of anilines is 3. The molecule has 0 bridgehead atoms. The fourth-order valence-corrected chi connectivity index (χ4v) is 7.57. The molecule has 0 spiro atoms.